The van der Waals surface area contributed by atoms with E-state index in [-0.39, 0.29) is 6.10 Å². The Hall–Kier alpha value is -1.26. The van der Waals surface area contributed by atoms with Gasteiger partial charge in [-0.05, 0) is 24.6 Å². The van der Waals surface area contributed by atoms with Gasteiger partial charge in [-0.25, -0.2) is 0 Å². The summed E-state index contributed by atoms with van der Waals surface area (Å²) in [7, 11) is 1.60. The van der Waals surface area contributed by atoms with Crippen LogP contribution >= 0.6 is 0 Å². The maximum Gasteiger partial charge on any atom is 0.141 e. The standard InChI is InChI=1S/C11H18N2O2/c1-8(6-12)15-7-9-3-4-11(14-2)10(13)5-9/h3-5,8H,6-7,12-13H2,1-2H3. The van der Waals surface area contributed by atoms with Gasteiger partial charge < -0.3 is 20.9 Å². The topological polar surface area (TPSA) is 70.5 Å². The van der Waals surface area contributed by atoms with Crippen LogP contribution in [0, 0.1) is 0 Å². The molecule has 0 amide bonds. The third-order valence-corrected chi connectivity index (χ3v) is 2.16. The molecule has 0 heterocycles. The summed E-state index contributed by atoms with van der Waals surface area (Å²) in [5.41, 5.74) is 12.9. The maximum absolute atomic E-state index is 5.77. The van der Waals surface area contributed by atoms with Crippen molar-refractivity contribution >= 4 is 5.69 Å². The summed E-state index contributed by atoms with van der Waals surface area (Å²) in [4.78, 5) is 0. The first-order valence-corrected chi connectivity index (χ1v) is 4.91. The molecule has 1 unspecified atom stereocenters. The molecule has 1 aromatic rings. The van der Waals surface area contributed by atoms with Gasteiger partial charge in [-0.3, -0.25) is 0 Å². The van der Waals surface area contributed by atoms with Crippen LogP contribution in [0.5, 0.6) is 5.75 Å². The van der Waals surface area contributed by atoms with E-state index >= 15 is 0 Å². The zero-order valence-corrected chi connectivity index (χ0v) is 9.19. The first-order chi connectivity index (χ1) is 7.17. The Morgan fingerprint density at radius 3 is 2.67 bits per heavy atom. The molecule has 1 atom stereocenters. The van der Waals surface area contributed by atoms with E-state index in [4.69, 9.17) is 20.9 Å². The van der Waals surface area contributed by atoms with Gasteiger partial charge in [-0.15, -0.1) is 0 Å². The minimum absolute atomic E-state index is 0.0633. The normalized spacial score (nSPS) is 12.5. The molecule has 4 N–H and O–H groups in total. The highest BCUT2D eigenvalue weighted by Gasteiger charge is 2.03. The fourth-order valence-electron chi connectivity index (χ4n) is 1.18. The van der Waals surface area contributed by atoms with Crippen LogP contribution in [-0.4, -0.2) is 19.8 Å². The molecular formula is C11H18N2O2. The average Bonchev–Trinajstić information content (AvgIpc) is 2.26. The SMILES string of the molecule is COc1ccc(COC(C)CN)cc1N. The van der Waals surface area contributed by atoms with Gasteiger partial charge in [0, 0.05) is 6.54 Å². The predicted octanol–water partition coefficient (Wildman–Crippen LogP) is 1.14. The number of nitrogen functional groups attached to an aromatic ring is 1. The van der Waals surface area contributed by atoms with E-state index in [0.29, 0.717) is 24.6 Å². The van der Waals surface area contributed by atoms with Gasteiger partial charge in [0.1, 0.15) is 5.75 Å². The fraction of sp³-hybridized carbons (Fsp3) is 0.455. The first-order valence-electron chi connectivity index (χ1n) is 4.91. The van der Waals surface area contributed by atoms with Crippen molar-refractivity contribution in [3.63, 3.8) is 0 Å². The van der Waals surface area contributed by atoms with Crippen LogP contribution in [-0.2, 0) is 11.3 Å². The number of methoxy groups -OCH3 is 1. The molecule has 0 aliphatic carbocycles. The van der Waals surface area contributed by atoms with Crippen molar-refractivity contribution < 1.29 is 9.47 Å². The predicted molar refractivity (Wildman–Crippen MR) is 60.7 cm³/mol. The Morgan fingerprint density at radius 1 is 1.40 bits per heavy atom. The highest BCUT2D eigenvalue weighted by atomic mass is 16.5. The molecule has 4 nitrogen and oxygen atoms in total. The summed E-state index contributed by atoms with van der Waals surface area (Å²) in [6.07, 6.45) is 0.0633. The smallest absolute Gasteiger partial charge is 0.141 e. The Bertz CT molecular complexity index is 315. The fourth-order valence-corrected chi connectivity index (χ4v) is 1.18. The summed E-state index contributed by atoms with van der Waals surface area (Å²) in [6, 6.07) is 5.61. The molecular weight excluding hydrogens is 192 g/mol. The number of hydrogen-bond donors (Lipinski definition) is 2. The van der Waals surface area contributed by atoms with Gasteiger partial charge in [-0.1, -0.05) is 6.07 Å². The van der Waals surface area contributed by atoms with E-state index in [9.17, 15) is 0 Å². The molecule has 0 fully saturated rings. The number of anilines is 1. The second kappa shape index (κ2) is 5.58. The van der Waals surface area contributed by atoms with Gasteiger partial charge in [0.25, 0.3) is 0 Å². The quantitative estimate of drug-likeness (QED) is 0.715. The van der Waals surface area contributed by atoms with E-state index < -0.39 is 0 Å². The van der Waals surface area contributed by atoms with Crippen molar-refractivity contribution in [3.05, 3.63) is 23.8 Å². The van der Waals surface area contributed by atoms with Crippen LogP contribution in [0.15, 0.2) is 18.2 Å². The van der Waals surface area contributed by atoms with Crippen LogP contribution in [0.2, 0.25) is 0 Å². The second-order valence-corrected chi connectivity index (χ2v) is 3.43. The molecule has 1 rings (SSSR count). The van der Waals surface area contributed by atoms with E-state index in [0.717, 1.165) is 5.56 Å². The van der Waals surface area contributed by atoms with Crippen molar-refractivity contribution in [1.29, 1.82) is 0 Å². The van der Waals surface area contributed by atoms with Gasteiger partial charge >= 0.3 is 0 Å². The number of hydrogen-bond acceptors (Lipinski definition) is 4. The molecule has 0 aliphatic heterocycles. The van der Waals surface area contributed by atoms with Gasteiger partial charge in [-0.2, -0.15) is 0 Å². The lowest BCUT2D eigenvalue weighted by Gasteiger charge is -2.11. The summed E-state index contributed by atoms with van der Waals surface area (Å²) in [6.45, 7) is 2.98. The van der Waals surface area contributed by atoms with Crippen LogP contribution in [0.25, 0.3) is 0 Å². The lowest BCUT2D eigenvalue weighted by Crippen LogP contribution is -2.19. The summed E-state index contributed by atoms with van der Waals surface area (Å²) < 4.78 is 10.5. The zero-order chi connectivity index (χ0) is 11.3. The van der Waals surface area contributed by atoms with Crippen molar-refractivity contribution in [2.24, 2.45) is 5.73 Å². The van der Waals surface area contributed by atoms with Gasteiger partial charge in [0.15, 0.2) is 0 Å². The average molecular weight is 210 g/mol. The Kier molecular flexibility index (Phi) is 4.39. The number of benzene rings is 1. The molecule has 84 valence electrons. The monoisotopic (exact) mass is 210 g/mol. The minimum Gasteiger partial charge on any atom is -0.495 e. The first kappa shape index (κ1) is 11.8. The third kappa shape index (κ3) is 3.42. The number of rotatable bonds is 5. The molecule has 0 saturated heterocycles. The molecule has 15 heavy (non-hydrogen) atoms. The van der Waals surface area contributed by atoms with E-state index in [1.807, 2.05) is 25.1 Å². The highest BCUT2D eigenvalue weighted by molar-refractivity contribution is 5.54. The van der Waals surface area contributed by atoms with Crippen molar-refractivity contribution in [2.45, 2.75) is 19.6 Å². The van der Waals surface area contributed by atoms with Crippen LogP contribution in [0.4, 0.5) is 5.69 Å². The summed E-state index contributed by atoms with van der Waals surface area (Å²) >= 11 is 0. The summed E-state index contributed by atoms with van der Waals surface area (Å²) in [5, 5.41) is 0. The lowest BCUT2D eigenvalue weighted by molar-refractivity contribution is 0.0590. The van der Waals surface area contributed by atoms with Crippen molar-refractivity contribution in [3.8, 4) is 5.75 Å². The molecule has 0 aromatic heterocycles. The molecule has 0 saturated carbocycles. The van der Waals surface area contributed by atoms with Crippen LogP contribution < -0.4 is 16.2 Å². The largest absolute Gasteiger partial charge is 0.495 e. The lowest BCUT2D eigenvalue weighted by atomic mass is 10.2. The van der Waals surface area contributed by atoms with Gasteiger partial charge in [0.05, 0.1) is 25.5 Å². The second-order valence-electron chi connectivity index (χ2n) is 3.43. The summed E-state index contributed by atoms with van der Waals surface area (Å²) in [5.74, 6) is 0.686. The zero-order valence-electron chi connectivity index (χ0n) is 9.19. The van der Waals surface area contributed by atoms with Crippen LogP contribution in [0.1, 0.15) is 12.5 Å². The van der Waals surface area contributed by atoms with Crippen molar-refractivity contribution in [2.75, 3.05) is 19.4 Å². The Labute approximate surface area is 90.2 Å². The van der Waals surface area contributed by atoms with Crippen LogP contribution in [0.3, 0.4) is 0 Å². The van der Waals surface area contributed by atoms with Gasteiger partial charge in [0.2, 0.25) is 0 Å². The highest BCUT2D eigenvalue weighted by Crippen LogP contribution is 2.22. The molecule has 4 heteroatoms. The molecule has 0 aliphatic rings. The van der Waals surface area contributed by atoms with Crippen molar-refractivity contribution in [1.82, 2.24) is 0 Å². The maximum atomic E-state index is 5.77. The molecule has 0 spiro atoms. The molecule has 1 aromatic carbocycles. The van der Waals surface area contributed by atoms with E-state index in [1.165, 1.54) is 0 Å². The Morgan fingerprint density at radius 2 is 2.13 bits per heavy atom. The third-order valence-electron chi connectivity index (χ3n) is 2.16. The minimum atomic E-state index is 0.0633. The van der Waals surface area contributed by atoms with E-state index in [2.05, 4.69) is 0 Å². The van der Waals surface area contributed by atoms with E-state index in [1.54, 1.807) is 7.11 Å². The molecule has 0 bridgehead atoms. The Balaban J connectivity index is 2.59. The number of nitrogens with two attached hydrogens (primary N) is 2. The molecule has 0 radical (unpaired) electrons. The number of ether oxygens (including phenoxy) is 2.